The van der Waals surface area contributed by atoms with Crippen molar-refractivity contribution in [1.82, 2.24) is 15.2 Å². The molecule has 1 fully saturated rings. The number of likely N-dealkylation sites (tertiary alicyclic amines) is 1. The molecule has 35 heavy (non-hydrogen) atoms. The van der Waals surface area contributed by atoms with Crippen LogP contribution in [0.25, 0.3) is 6.08 Å². The maximum atomic E-state index is 12.9. The number of carbonyl (C=O) groups is 2. The second-order valence-corrected chi connectivity index (χ2v) is 10.2. The molecule has 6 nitrogen and oxygen atoms in total. The second-order valence-electron chi connectivity index (χ2n) is 9.18. The van der Waals surface area contributed by atoms with E-state index in [1.165, 1.54) is 5.56 Å². The standard InChI is InChI=1S/C28H29N3O3S/c1-20(32)30-26-23-6-2-3-7-24(23)28(27(26)34-19-21-10-14-29-15-11-21)12-16-31(17-13-28)25(33)9-8-22-5-4-18-35-22/h2-11,14-15,18,26-27H,12-13,16-17,19H2,1H3,(H,30,32)/b9-8+/t26-,27+/m0/s1. The molecular formula is C28H29N3O3S. The molecule has 180 valence electrons. The third-order valence-electron chi connectivity index (χ3n) is 7.12. The number of thiophene rings is 1. The first-order valence-corrected chi connectivity index (χ1v) is 12.8. The summed E-state index contributed by atoms with van der Waals surface area (Å²) in [4.78, 5) is 32.2. The largest absolute Gasteiger partial charge is 0.370 e. The molecule has 1 aromatic carbocycles. The highest BCUT2D eigenvalue weighted by molar-refractivity contribution is 7.10. The van der Waals surface area contributed by atoms with Crippen LogP contribution in [0.3, 0.4) is 0 Å². The van der Waals surface area contributed by atoms with Crippen molar-refractivity contribution < 1.29 is 14.3 Å². The van der Waals surface area contributed by atoms with Crippen LogP contribution in [0.15, 0.2) is 72.4 Å². The summed E-state index contributed by atoms with van der Waals surface area (Å²) in [5.41, 5.74) is 3.10. The summed E-state index contributed by atoms with van der Waals surface area (Å²) >= 11 is 1.62. The Hall–Kier alpha value is -3.29. The number of nitrogens with one attached hydrogen (secondary N) is 1. The van der Waals surface area contributed by atoms with Gasteiger partial charge in [-0.1, -0.05) is 30.3 Å². The minimum absolute atomic E-state index is 0.0344. The lowest BCUT2D eigenvalue weighted by Gasteiger charge is -2.44. The Morgan fingerprint density at radius 1 is 1.14 bits per heavy atom. The van der Waals surface area contributed by atoms with E-state index >= 15 is 0 Å². The zero-order valence-corrected chi connectivity index (χ0v) is 20.5. The van der Waals surface area contributed by atoms with Crippen molar-refractivity contribution in [3.63, 3.8) is 0 Å². The Kier molecular flexibility index (Phi) is 6.79. The van der Waals surface area contributed by atoms with Gasteiger partial charge in [-0.05, 0) is 59.2 Å². The third kappa shape index (κ3) is 4.79. The quantitative estimate of drug-likeness (QED) is 0.520. The molecule has 0 unspecified atom stereocenters. The van der Waals surface area contributed by atoms with Gasteiger partial charge in [0.25, 0.3) is 0 Å². The first kappa shape index (κ1) is 23.5. The Morgan fingerprint density at radius 3 is 2.63 bits per heavy atom. The second kappa shape index (κ2) is 10.1. The van der Waals surface area contributed by atoms with Crippen molar-refractivity contribution in [2.24, 2.45) is 0 Å². The molecule has 2 aliphatic rings. The van der Waals surface area contributed by atoms with Crippen LogP contribution >= 0.6 is 11.3 Å². The molecule has 1 spiro atoms. The molecule has 0 saturated carbocycles. The van der Waals surface area contributed by atoms with Gasteiger partial charge < -0.3 is 15.0 Å². The minimum Gasteiger partial charge on any atom is -0.370 e. The number of amides is 2. The number of hydrogen-bond acceptors (Lipinski definition) is 5. The number of rotatable bonds is 6. The predicted octanol–water partition coefficient (Wildman–Crippen LogP) is 4.49. The van der Waals surface area contributed by atoms with Crippen molar-refractivity contribution in [3.05, 3.63) is 93.9 Å². The van der Waals surface area contributed by atoms with E-state index in [9.17, 15) is 9.59 Å². The lowest BCUT2D eigenvalue weighted by atomic mass is 9.71. The molecule has 2 amide bonds. The van der Waals surface area contributed by atoms with Gasteiger partial charge in [-0.25, -0.2) is 0 Å². The molecule has 0 bridgehead atoms. The summed E-state index contributed by atoms with van der Waals surface area (Å²) in [6.45, 7) is 3.27. The number of fused-ring (bicyclic) bond motifs is 2. The van der Waals surface area contributed by atoms with E-state index in [4.69, 9.17) is 4.74 Å². The Morgan fingerprint density at radius 2 is 1.91 bits per heavy atom. The molecule has 1 saturated heterocycles. The number of benzene rings is 1. The van der Waals surface area contributed by atoms with E-state index in [1.54, 1.807) is 36.7 Å². The number of nitrogens with zero attached hydrogens (tertiary/aromatic N) is 2. The zero-order chi connectivity index (χ0) is 24.3. The van der Waals surface area contributed by atoms with Crippen LogP contribution in [0, 0.1) is 0 Å². The predicted molar refractivity (Wildman–Crippen MR) is 137 cm³/mol. The van der Waals surface area contributed by atoms with Crippen molar-refractivity contribution >= 4 is 29.2 Å². The van der Waals surface area contributed by atoms with E-state index in [-0.39, 0.29) is 29.4 Å². The smallest absolute Gasteiger partial charge is 0.246 e. The molecule has 3 aromatic rings. The van der Waals surface area contributed by atoms with Gasteiger partial charge in [0, 0.05) is 48.8 Å². The SMILES string of the molecule is CC(=O)N[C@H]1c2ccccc2C2(CCN(C(=O)/C=C/c3cccs3)CC2)[C@@H]1OCc1ccncc1. The number of aromatic nitrogens is 1. The molecule has 1 aliphatic heterocycles. The van der Waals surface area contributed by atoms with Gasteiger partial charge in [0.15, 0.2) is 0 Å². The summed E-state index contributed by atoms with van der Waals surface area (Å²) in [7, 11) is 0. The molecule has 1 aliphatic carbocycles. The van der Waals surface area contributed by atoms with Gasteiger partial charge >= 0.3 is 0 Å². The van der Waals surface area contributed by atoms with Crippen LogP contribution in [-0.2, 0) is 26.3 Å². The van der Waals surface area contributed by atoms with Gasteiger partial charge in [-0.3, -0.25) is 14.6 Å². The Labute approximate surface area is 209 Å². The molecule has 2 aromatic heterocycles. The maximum Gasteiger partial charge on any atom is 0.246 e. The molecule has 5 rings (SSSR count). The molecule has 7 heteroatoms. The highest BCUT2D eigenvalue weighted by Crippen LogP contribution is 2.52. The molecule has 2 atom stereocenters. The summed E-state index contributed by atoms with van der Waals surface area (Å²) in [6, 6.07) is 16.0. The first-order chi connectivity index (χ1) is 17.1. The van der Waals surface area contributed by atoms with E-state index in [1.807, 2.05) is 46.7 Å². The summed E-state index contributed by atoms with van der Waals surface area (Å²) in [5.74, 6) is -0.0436. The molecule has 0 radical (unpaired) electrons. The van der Waals surface area contributed by atoms with E-state index < -0.39 is 0 Å². The lowest BCUT2D eigenvalue weighted by molar-refractivity contribution is -0.129. The minimum atomic E-state index is -0.273. The fraction of sp³-hybridized carbons (Fsp3) is 0.321. The van der Waals surface area contributed by atoms with Gasteiger partial charge in [0.1, 0.15) is 0 Å². The Balaban J connectivity index is 1.39. The van der Waals surface area contributed by atoms with Crippen LogP contribution in [0.4, 0.5) is 0 Å². The first-order valence-electron chi connectivity index (χ1n) is 11.9. The van der Waals surface area contributed by atoms with E-state index in [0.29, 0.717) is 19.7 Å². The number of pyridine rings is 1. The monoisotopic (exact) mass is 487 g/mol. The van der Waals surface area contributed by atoms with Gasteiger partial charge in [-0.15, -0.1) is 11.3 Å². The van der Waals surface area contributed by atoms with Crippen molar-refractivity contribution in [3.8, 4) is 0 Å². The van der Waals surface area contributed by atoms with Gasteiger partial charge in [0.2, 0.25) is 11.8 Å². The summed E-state index contributed by atoms with van der Waals surface area (Å²) < 4.78 is 6.61. The molecule has 3 heterocycles. The topological polar surface area (TPSA) is 71.5 Å². The summed E-state index contributed by atoms with van der Waals surface area (Å²) in [5, 5.41) is 5.16. The number of hydrogen-bond donors (Lipinski definition) is 1. The summed E-state index contributed by atoms with van der Waals surface area (Å²) in [6.07, 6.45) is 8.41. The van der Waals surface area contributed by atoms with Gasteiger partial charge in [-0.2, -0.15) is 0 Å². The average molecular weight is 488 g/mol. The van der Waals surface area contributed by atoms with E-state index in [0.717, 1.165) is 28.8 Å². The van der Waals surface area contributed by atoms with E-state index in [2.05, 4.69) is 28.5 Å². The fourth-order valence-corrected chi connectivity index (χ4v) is 6.09. The zero-order valence-electron chi connectivity index (χ0n) is 19.7. The van der Waals surface area contributed by atoms with Crippen LogP contribution in [0.2, 0.25) is 0 Å². The van der Waals surface area contributed by atoms with Crippen molar-refractivity contribution in [2.75, 3.05) is 13.1 Å². The average Bonchev–Trinajstić information content (AvgIpc) is 3.48. The van der Waals surface area contributed by atoms with Gasteiger partial charge in [0.05, 0.1) is 18.8 Å². The fourth-order valence-electron chi connectivity index (χ4n) is 5.48. The normalized spacial score (nSPS) is 20.8. The highest BCUT2D eigenvalue weighted by atomic mass is 32.1. The van der Waals surface area contributed by atoms with Crippen LogP contribution in [0.5, 0.6) is 0 Å². The maximum absolute atomic E-state index is 12.9. The number of ether oxygens (including phenoxy) is 1. The van der Waals surface area contributed by atoms with Crippen LogP contribution in [0.1, 0.15) is 47.4 Å². The highest BCUT2D eigenvalue weighted by Gasteiger charge is 2.54. The van der Waals surface area contributed by atoms with Crippen LogP contribution < -0.4 is 5.32 Å². The lowest BCUT2D eigenvalue weighted by Crippen LogP contribution is -2.51. The molecule has 1 N–H and O–H groups in total. The molecular weight excluding hydrogens is 458 g/mol. The van der Waals surface area contributed by atoms with Crippen LogP contribution in [-0.4, -0.2) is 40.9 Å². The van der Waals surface area contributed by atoms with Crippen molar-refractivity contribution in [1.29, 1.82) is 0 Å². The number of carbonyl (C=O) groups excluding carboxylic acids is 2. The van der Waals surface area contributed by atoms with Crippen molar-refractivity contribution in [2.45, 2.75) is 43.9 Å². The Bertz CT molecular complexity index is 1200. The third-order valence-corrected chi connectivity index (χ3v) is 7.96. The number of piperidine rings is 1.